The molecule has 0 N–H and O–H groups in total. The fourth-order valence-corrected chi connectivity index (χ4v) is 1.50. The number of imidazole rings is 1. The van der Waals surface area contributed by atoms with Crippen molar-refractivity contribution in [3.8, 4) is 6.07 Å². The molecule has 0 aliphatic heterocycles. The Balaban J connectivity index is 2.86. The van der Waals surface area contributed by atoms with E-state index in [1.807, 2.05) is 18.3 Å². The van der Waals surface area contributed by atoms with E-state index in [4.69, 9.17) is 5.26 Å². The molecule has 0 atom stereocenters. The van der Waals surface area contributed by atoms with E-state index in [-0.39, 0.29) is 0 Å². The minimum absolute atomic E-state index is 0.573. The Morgan fingerprint density at radius 2 is 2.33 bits per heavy atom. The molecule has 0 unspecified atom stereocenters. The van der Waals surface area contributed by atoms with Crippen molar-refractivity contribution in [1.29, 1.82) is 5.26 Å². The fraction of sp³-hybridized carbons (Fsp3) is 0. The van der Waals surface area contributed by atoms with Gasteiger partial charge in [0.05, 0.1) is 6.20 Å². The molecule has 0 fully saturated rings. The Labute approximate surface area is 82.8 Å². The zero-order chi connectivity index (χ0) is 8.55. The summed E-state index contributed by atoms with van der Waals surface area (Å²) in [7, 11) is 0. The predicted molar refractivity (Wildman–Crippen MR) is 52.6 cm³/mol. The van der Waals surface area contributed by atoms with E-state index in [9.17, 15) is 0 Å². The summed E-state index contributed by atoms with van der Waals surface area (Å²) in [6.45, 7) is 0. The van der Waals surface area contributed by atoms with Crippen LogP contribution in [0.25, 0.3) is 5.65 Å². The summed E-state index contributed by atoms with van der Waals surface area (Å²) in [6, 6.07) is 5.93. The topological polar surface area (TPSA) is 41.1 Å². The second-order valence-corrected chi connectivity index (χ2v) is 3.58. The van der Waals surface area contributed by atoms with Gasteiger partial charge < -0.3 is 0 Å². The molecule has 0 saturated heterocycles. The summed E-state index contributed by atoms with van der Waals surface area (Å²) in [5.74, 6) is 0. The Morgan fingerprint density at radius 3 is 3.08 bits per heavy atom. The first-order valence-corrected chi connectivity index (χ1v) is 4.42. The maximum Gasteiger partial charge on any atom is 0.144 e. The van der Waals surface area contributed by atoms with Crippen LogP contribution in [0, 0.1) is 14.9 Å². The van der Waals surface area contributed by atoms with E-state index < -0.39 is 0 Å². The minimum Gasteiger partial charge on any atom is -0.290 e. The van der Waals surface area contributed by atoms with Gasteiger partial charge in [0.15, 0.2) is 0 Å². The lowest BCUT2D eigenvalue weighted by Gasteiger charge is -1.94. The first-order chi connectivity index (χ1) is 5.81. The van der Waals surface area contributed by atoms with Crippen LogP contribution >= 0.6 is 22.6 Å². The number of rotatable bonds is 0. The van der Waals surface area contributed by atoms with Crippen LogP contribution in [0.3, 0.4) is 0 Å². The molecule has 4 heteroatoms. The van der Waals surface area contributed by atoms with E-state index in [2.05, 4.69) is 33.6 Å². The van der Waals surface area contributed by atoms with Crippen LogP contribution in [0.2, 0.25) is 0 Å². The minimum atomic E-state index is 0.573. The molecule has 0 radical (unpaired) electrons. The van der Waals surface area contributed by atoms with Crippen molar-refractivity contribution in [3.63, 3.8) is 0 Å². The third-order valence-corrected chi connectivity index (χ3v) is 2.22. The summed E-state index contributed by atoms with van der Waals surface area (Å²) >= 11 is 2.20. The highest BCUT2D eigenvalue weighted by Gasteiger charge is 2.00. The first-order valence-electron chi connectivity index (χ1n) is 3.34. The van der Waals surface area contributed by atoms with Crippen molar-refractivity contribution >= 4 is 28.2 Å². The molecule has 2 rings (SSSR count). The number of nitriles is 1. The normalized spacial score (nSPS) is 10.0. The maximum absolute atomic E-state index is 8.70. The van der Waals surface area contributed by atoms with Gasteiger partial charge in [-0.2, -0.15) is 5.26 Å². The van der Waals surface area contributed by atoms with Crippen LogP contribution < -0.4 is 0 Å². The van der Waals surface area contributed by atoms with Crippen LogP contribution in [0.5, 0.6) is 0 Å². The number of hydrogen-bond acceptors (Lipinski definition) is 2. The van der Waals surface area contributed by atoms with Gasteiger partial charge >= 0.3 is 0 Å². The molecule has 2 heterocycles. The molecule has 12 heavy (non-hydrogen) atoms. The van der Waals surface area contributed by atoms with Gasteiger partial charge in [0.25, 0.3) is 0 Å². The van der Waals surface area contributed by atoms with Crippen molar-refractivity contribution in [2.24, 2.45) is 0 Å². The van der Waals surface area contributed by atoms with Gasteiger partial charge in [-0.15, -0.1) is 0 Å². The molecular formula is C8H4IN3. The number of halogens is 1. The van der Waals surface area contributed by atoms with Crippen molar-refractivity contribution in [3.05, 3.63) is 33.8 Å². The van der Waals surface area contributed by atoms with Crippen molar-refractivity contribution in [2.45, 2.75) is 0 Å². The highest BCUT2D eigenvalue weighted by Crippen LogP contribution is 2.09. The van der Waals surface area contributed by atoms with E-state index in [1.54, 1.807) is 10.6 Å². The second-order valence-electron chi connectivity index (χ2n) is 2.33. The van der Waals surface area contributed by atoms with Gasteiger partial charge in [-0.1, -0.05) is 0 Å². The smallest absolute Gasteiger partial charge is 0.144 e. The summed E-state index contributed by atoms with van der Waals surface area (Å²) < 4.78 is 2.87. The van der Waals surface area contributed by atoms with Gasteiger partial charge in [-0.3, -0.25) is 4.40 Å². The lowest BCUT2D eigenvalue weighted by Crippen LogP contribution is -1.87. The molecule has 0 aromatic carbocycles. The average molecular weight is 269 g/mol. The van der Waals surface area contributed by atoms with Gasteiger partial charge in [-0.25, -0.2) is 4.98 Å². The lowest BCUT2D eigenvalue weighted by molar-refractivity contribution is 1.14. The molecular weight excluding hydrogens is 265 g/mol. The third kappa shape index (κ3) is 1.06. The molecule has 2 aromatic heterocycles. The number of fused-ring (bicyclic) bond motifs is 1. The van der Waals surface area contributed by atoms with E-state index in [1.165, 1.54) is 0 Å². The summed E-state index contributed by atoms with van der Waals surface area (Å²) in [6.07, 6.45) is 3.47. The Kier molecular flexibility index (Phi) is 1.73. The average Bonchev–Trinajstić information content (AvgIpc) is 2.46. The highest BCUT2D eigenvalue weighted by atomic mass is 127. The largest absolute Gasteiger partial charge is 0.290 e. The zero-order valence-corrected chi connectivity index (χ0v) is 8.19. The Morgan fingerprint density at radius 1 is 1.50 bits per heavy atom. The maximum atomic E-state index is 8.70. The van der Waals surface area contributed by atoms with Gasteiger partial charge in [-0.05, 0) is 34.7 Å². The molecule has 3 nitrogen and oxygen atoms in total. The Hall–Kier alpha value is -1.09. The summed E-state index contributed by atoms with van der Waals surface area (Å²) in [5, 5.41) is 8.70. The number of aromatic nitrogens is 2. The number of pyridine rings is 1. The molecule has 2 aromatic rings. The molecule has 0 amide bonds. The lowest BCUT2D eigenvalue weighted by atomic mass is 10.4. The molecule has 0 spiro atoms. The highest BCUT2D eigenvalue weighted by molar-refractivity contribution is 14.1. The molecule has 58 valence electrons. The quantitative estimate of drug-likeness (QED) is 0.684. The summed E-state index contributed by atoms with van der Waals surface area (Å²) in [5.41, 5.74) is 1.38. The van der Waals surface area contributed by atoms with E-state index in [0.29, 0.717) is 5.69 Å². The fourth-order valence-electron chi connectivity index (χ4n) is 1.04. The molecule has 0 bridgehead atoms. The van der Waals surface area contributed by atoms with Crippen molar-refractivity contribution in [1.82, 2.24) is 9.38 Å². The molecule has 0 saturated carbocycles. The number of hydrogen-bond donors (Lipinski definition) is 0. The van der Waals surface area contributed by atoms with Crippen molar-refractivity contribution < 1.29 is 0 Å². The van der Waals surface area contributed by atoms with E-state index >= 15 is 0 Å². The van der Waals surface area contributed by atoms with Crippen molar-refractivity contribution in [2.75, 3.05) is 0 Å². The molecule has 0 aliphatic rings. The Bertz CT molecular complexity index is 467. The second kappa shape index (κ2) is 2.75. The monoisotopic (exact) mass is 269 g/mol. The third-order valence-electron chi connectivity index (χ3n) is 1.58. The standard InChI is InChI=1S/C8H4IN3/c9-6-1-2-8-11-4-7(3-10)12(8)5-6/h1-2,4-5H. The van der Waals surface area contributed by atoms with Crippen LogP contribution in [0.1, 0.15) is 5.69 Å². The van der Waals surface area contributed by atoms with Crippen LogP contribution in [-0.4, -0.2) is 9.38 Å². The molecule has 0 aliphatic carbocycles. The van der Waals surface area contributed by atoms with Gasteiger partial charge in [0, 0.05) is 9.77 Å². The zero-order valence-electron chi connectivity index (χ0n) is 6.03. The van der Waals surface area contributed by atoms with Crippen LogP contribution in [-0.2, 0) is 0 Å². The first kappa shape index (κ1) is 7.55. The van der Waals surface area contributed by atoms with Gasteiger partial charge in [0.2, 0.25) is 0 Å². The van der Waals surface area contributed by atoms with Gasteiger partial charge in [0.1, 0.15) is 17.4 Å². The van der Waals surface area contributed by atoms with Crippen LogP contribution in [0.15, 0.2) is 24.5 Å². The van der Waals surface area contributed by atoms with Crippen LogP contribution in [0.4, 0.5) is 0 Å². The number of nitrogens with zero attached hydrogens (tertiary/aromatic N) is 3. The SMILES string of the molecule is N#Cc1cnc2ccc(I)cn12. The summed E-state index contributed by atoms with van der Waals surface area (Å²) in [4.78, 5) is 4.07. The van der Waals surface area contributed by atoms with E-state index in [0.717, 1.165) is 9.22 Å². The predicted octanol–water partition coefficient (Wildman–Crippen LogP) is 1.81.